The molecular weight excluding hydrogens is 126 g/mol. The minimum absolute atomic E-state index is 0.972. The molecule has 1 rings (SSSR count). The van der Waals surface area contributed by atoms with Gasteiger partial charge in [-0.2, -0.15) is 0 Å². The van der Waals surface area contributed by atoms with E-state index >= 15 is 0 Å². The zero-order valence-electron chi connectivity index (χ0n) is 6.49. The van der Waals surface area contributed by atoms with Crippen LogP contribution in [-0.2, 0) is 0 Å². The summed E-state index contributed by atoms with van der Waals surface area (Å²) in [6, 6.07) is 0. The van der Waals surface area contributed by atoms with E-state index in [1.54, 1.807) is 6.21 Å². The molecule has 0 atom stereocenters. The highest BCUT2D eigenvalue weighted by molar-refractivity contribution is 5.71. The molecule has 0 aromatic carbocycles. The predicted molar refractivity (Wildman–Crippen MR) is 42.6 cm³/mol. The Morgan fingerprint density at radius 3 is 2.80 bits per heavy atom. The Bertz CT molecular complexity index is 137. The quantitative estimate of drug-likeness (QED) is 0.535. The molecule has 3 heteroatoms. The summed E-state index contributed by atoms with van der Waals surface area (Å²) in [6.45, 7) is 2.02. The number of hydrazone groups is 1. The standard InChI is InChI=1S/C7H13N3/c1-9(2)6-7-10-5-3-4-8-10/h3-5H,6-7H2,1-2H3/q+1. The molecule has 0 bridgehead atoms. The van der Waals surface area contributed by atoms with Crippen molar-refractivity contribution in [3.63, 3.8) is 0 Å². The molecule has 0 saturated heterocycles. The van der Waals surface area contributed by atoms with Crippen LogP contribution in [-0.4, -0.2) is 43.3 Å². The van der Waals surface area contributed by atoms with Gasteiger partial charge in [0.2, 0.25) is 0 Å². The van der Waals surface area contributed by atoms with Gasteiger partial charge in [0.1, 0.15) is 0 Å². The van der Waals surface area contributed by atoms with Crippen LogP contribution < -0.4 is 5.10 Å². The lowest BCUT2D eigenvalue weighted by molar-refractivity contribution is 0.296. The number of rotatable bonds is 3. The van der Waals surface area contributed by atoms with Gasteiger partial charge in [0.15, 0.2) is 5.10 Å². The van der Waals surface area contributed by atoms with Crippen LogP contribution in [0.5, 0.6) is 0 Å². The van der Waals surface area contributed by atoms with Gasteiger partial charge in [-0.15, -0.1) is 0 Å². The first kappa shape index (κ1) is 7.28. The van der Waals surface area contributed by atoms with Gasteiger partial charge in [-0.3, -0.25) is 0 Å². The first-order valence-corrected chi connectivity index (χ1v) is 3.41. The minimum Gasteiger partial charge on any atom is -0.307 e. The Morgan fingerprint density at radius 2 is 2.30 bits per heavy atom. The summed E-state index contributed by atoms with van der Waals surface area (Å²) in [5.74, 6) is 0. The fourth-order valence-electron chi connectivity index (χ4n) is 0.735. The Kier molecular flexibility index (Phi) is 2.45. The summed E-state index contributed by atoms with van der Waals surface area (Å²) < 4.78 is 0. The van der Waals surface area contributed by atoms with Gasteiger partial charge in [0.25, 0.3) is 6.21 Å². The number of allylic oxidation sites excluding steroid dienone is 1. The number of nitrogens with zero attached hydrogens (tertiary/aromatic N) is 3. The van der Waals surface area contributed by atoms with Crippen molar-refractivity contribution in [3.05, 3.63) is 12.3 Å². The molecule has 1 radical (unpaired) electrons. The third-order valence-electron chi connectivity index (χ3n) is 1.34. The summed E-state index contributed by atoms with van der Waals surface area (Å²) in [4.78, 5) is 2.14. The van der Waals surface area contributed by atoms with Crippen LogP contribution >= 0.6 is 0 Å². The average molecular weight is 139 g/mol. The van der Waals surface area contributed by atoms with E-state index in [1.807, 2.05) is 17.3 Å². The number of hydrogen-bond acceptors (Lipinski definition) is 3. The summed E-state index contributed by atoms with van der Waals surface area (Å²) in [6.07, 6.45) is 5.72. The SMILES string of the molecule is CN(C)CCN1C=CC=[N+]1. The van der Waals surface area contributed by atoms with E-state index in [2.05, 4.69) is 24.1 Å². The van der Waals surface area contributed by atoms with E-state index in [4.69, 9.17) is 0 Å². The maximum absolute atomic E-state index is 4.08. The van der Waals surface area contributed by atoms with Crippen LogP contribution in [0.1, 0.15) is 0 Å². The highest BCUT2D eigenvalue weighted by Gasteiger charge is 2.10. The van der Waals surface area contributed by atoms with Gasteiger partial charge in [0.05, 0.1) is 12.7 Å². The van der Waals surface area contributed by atoms with E-state index in [1.165, 1.54) is 0 Å². The van der Waals surface area contributed by atoms with Crippen LogP contribution in [0.25, 0.3) is 0 Å². The predicted octanol–water partition coefficient (Wildman–Crippen LogP) is -0.301. The molecule has 10 heavy (non-hydrogen) atoms. The maximum atomic E-state index is 4.08. The number of likely N-dealkylation sites (N-methyl/N-ethyl adjacent to an activating group) is 1. The molecule has 0 aliphatic carbocycles. The summed E-state index contributed by atoms with van der Waals surface area (Å²) >= 11 is 0. The minimum atomic E-state index is 0.972. The molecule has 0 fully saturated rings. The first-order chi connectivity index (χ1) is 4.79. The van der Waals surface area contributed by atoms with E-state index in [0.29, 0.717) is 0 Å². The Morgan fingerprint density at radius 1 is 1.50 bits per heavy atom. The van der Waals surface area contributed by atoms with Crippen molar-refractivity contribution < 1.29 is 0 Å². The van der Waals surface area contributed by atoms with Crippen molar-refractivity contribution in [1.29, 1.82) is 0 Å². The molecule has 0 N–H and O–H groups in total. The molecule has 0 amide bonds. The van der Waals surface area contributed by atoms with Crippen molar-refractivity contribution in [3.8, 4) is 0 Å². The van der Waals surface area contributed by atoms with Crippen molar-refractivity contribution >= 4 is 6.21 Å². The smallest absolute Gasteiger partial charge is 0.277 e. The van der Waals surface area contributed by atoms with Crippen LogP contribution in [0.2, 0.25) is 0 Å². The molecule has 1 aliphatic rings. The molecule has 0 aromatic heterocycles. The van der Waals surface area contributed by atoms with E-state index < -0.39 is 0 Å². The lowest BCUT2D eigenvalue weighted by atomic mass is 10.5. The molecule has 3 nitrogen and oxygen atoms in total. The molecular formula is C7H13N3+. The van der Waals surface area contributed by atoms with Crippen molar-refractivity contribution in [2.75, 3.05) is 27.2 Å². The lowest BCUT2D eigenvalue weighted by Gasteiger charge is -2.08. The van der Waals surface area contributed by atoms with Gasteiger partial charge in [-0.25, -0.2) is 0 Å². The van der Waals surface area contributed by atoms with E-state index in [-0.39, 0.29) is 0 Å². The van der Waals surface area contributed by atoms with Crippen molar-refractivity contribution in [1.82, 2.24) is 15.0 Å². The molecule has 0 saturated carbocycles. The third-order valence-corrected chi connectivity index (χ3v) is 1.34. The fraction of sp³-hybridized carbons (Fsp3) is 0.571. The summed E-state index contributed by atoms with van der Waals surface area (Å²) in [5, 5.41) is 6.01. The largest absolute Gasteiger partial charge is 0.307 e. The average Bonchev–Trinajstić information content (AvgIpc) is 2.34. The molecule has 1 heterocycles. The second-order valence-electron chi connectivity index (χ2n) is 2.57. The second-order valence-corrected chi connectivity index (χ2v) is 2.57. The Labute approximate surface area is 61.6 Å². The maximum Gasteiger partial charge on any atom is 0.277 e. The third kappa shape index (κ3) is 2.19. The second kappa shape index (κ2) is 3.37. The topological polar surface area (TPSA) is 20.6 Å². The van der Waals surface area contributed by atoms with Gasteiger partial charge in [0, 0.05) is 12.6 Å². The molecule has 0 spiro atoms. The zero-order chi connectivity index (χ0) is 7.40. The van der Waals surface area contributed by atoms with Gasteiger partial charge < -0.3 is 4.90 Å². The molecule has 0 unspecified atom stereocenters. The van der Waals surface area contributed by atoms with Crippen LogP contribution in [0, 0.1) is 0 Å². The molecule has 1 aliphatic heterocycles. The number of hydrogen-bond donors (Lipinski definition) is 0. The Balaban J connectivity index is 2.14. The normalized spacial score (nSPS) is 15.7. The van der Waals surface area contributed by atoms with Crippen molar-refractivity contribution in [2.24, 2.45) is 0 Å². The monoisotopic (exact) mass is 139 g/mol. The highest BCUT2D eigenvalue weighted by atomic mass is 15.5. The van der Waals surface area contributed by atoms with Crippen LogP contribution in [0.3, 0.4) is 0 Å². The van der Waals surface area contributed by atoms with E-state index in [9.17, 15) is 0 Å². The molecule has 0 aromatic rings. The van der Waals surface area contributed by atoms with Gasteiger partial charge >= 0.3 is 0 Å². The van der Waals surface area contributed by atoms with Crippen molar-refractivity contribution in [2.45, 2.75) is 0 Å². The van der Waals surface area contributed by atoms with Gasteiger partial charge in [-0.05, 0) is 14.1 Å². The first-order valence-electron chi connectivity index (χ1n) is 3.41. The highest BCUT2D eigenvalue weighted by Crippen LogP contribution is 1.88. The van der Waals surface area contributed by atoms with Crippen LogP contribution in [0.15, 0.2) is 12.3 Å². The zero-order valence-corrected chi connectivity index (χ0v) is 6.49. The lowest BCUT2D eigenvalue weighted by Crippen LogP contribution is -2.27. The summed E-state index contributed by atoms with van der Waals surface area (Å²) in [5.41, 5.74) is 0. The van der Waals surface area contributed by atoms with Gasteiger partial charge in [-0.1, -0.05) is 5.01 Å². The summed E-state index contributed by atoms with van der Waals surface area (Å²) in [7, 11) is 4.12. The molecule has 55 valence electrons. The van der Waals surface area contributed by atoms with Crippen LogP contribution in [0.4, 0.5) is 0 Å². The Hall–Kier alpha value is -0.830. The van der Waals surface area contributed by atoms with E-state index in [0.717, 1.165) is 13.1 Å². The fourth-order valence-corrected chi connectivity index (χ4v) is 0.735.